The summed E-state index contributed by atoms with van der Waals surface area (Å²) in [5.41, 5.74) is 1.56. The zero-order valence-corrected chi connectivity index (χ0v) is 19.4. The predicted octanol–water partition coefficient (Wildman–Crippen LogP) is 3.52. The number of carbonyl (C=O) groups excluding carboxylic acids is 1. The highest BCUT2D eigenvalue weighted by Crippen LogP contribution is 2.35. The minimum Gasteiger partial charge on any atom is -0.375 e. The number of anilines is 2. The standard InChI is InChI=1S/C23H21F2N7O2S/c1-31-8-6-23(34,21(31)33)15-4-2-3-14(9-15)18-13-35-20(29-18)17-5-7-26-22(30-17)28-16-10-27-32(11-16)12-19(24)25/h2-5,7,9-11,13,19,34H,6,8,12H2,1H3,(H,26,28,30)/t23-/m1/s1. The molecule has 1 amide bonds. The van der Waals surface area contributed by atoms with Gasteiger partial charge in [-0.2, -0.15) is 5.10 Å². The highest BCUT2D eigenvalue weighted by Gasteiger charge is 2.45. The van der Waals surface area contributed by atoms with Crippen LogP contribution in [0, 0.1) is 0 Å². The molecule has 35 heavy (non-hydrogen) atoms. The van der Waals surface area contributed by atoms with Crippen molar-refractivity contribution < 1.29 is 18.7 Å². The molecule has 0 unspecified atom stereocenters. The normalized spacial score (nSPS) is 18.0. The Morgan fingerprint density at radius 3 is 2.89 bits per heavy atom. The van der Waals surface area contributed by atoms with Crippen molar-refractivity contribution in [3.8, 4) is 22.0 Å². The van der Waals surface area contributed by atoms with Gasteiger partial charge in [-0.15, -0.1) is 11.3 Å². The van der Waals surface area contributed by atoms with E-state index in [0.29, 0.717) is 40.6 Å². The summed E-state index contributed by atoms with van der Waals surface area (Å²) in [6.45, 7) is 0.00539. The maximum atomic E-state index is 12.5. The van der Waals surface area contributed by atoms with E-state index in [1.807, 2.05) is 11.4 Å². The third kappa shape index (κ3) is 4.62. The van der Waals surface area contributed by atoms with Crippen LogP contribution in [0.25, 0.3) is 22.0 Å². The summed E-state index contributed by atoms with van der Waals surface area (Å²) in [4.78, 5) is 27.3. The molecule has 1 saturated heterocycles. The number of aliphatic hydroxyl groups is 1. The maximum Gasteiger partial charge on any atom is 0.258 e. The maximum absolute atomic E-state index is 12.5. The predicted molar refractivity (Wildman–Crippen MR) is 126 cm³/mol. The minimum absolute atomic E-state index is 0.281. The van der Waals surface area contributed by atoms with Crippen LogP contribution in [-0.4, -0.2) is 60.7 Å². The lowest BCUT2D eigenvalue weighted by Gasteiger charge is -2.21. The quantitative estimate of drug-likeness (QED) is 0.402. The Bertz CT molecular complexity index is 1380. The van der Waals surface area contributed by atoms with Crippen LogP contribution in [0.2, 0.25) is 0 Å². The SMILES string of the molecule is CN1CC[C@@](O)(c2cccc(-c3csc(-c4ccnc(Nc5cnn(CC(F)F)c5)n4)n3)c2)C1=O. The van der Waals surface area contributed by atoms with E-state index in [1.54, 1.807) is 37.5 Å². The Hall–Kier alpha value is -3.77. The van der Waals surface area contributed by atoms with Crippen LogP contribution in [0.4, 0.5) is 20.4 Å². The van der Waals surface area contributed by atoms with E-state index >= 15 is 0 Å². The van der Waals surface area contributed by atoms with Gasteiger partial charge in [0.25, 0.3) is 12.3 Å². The van der Waals surface area contributed by atoms with Gasteiger partial charge in [0.05, 0.1) is 17.6 Å². The molecule has 1 aliphatic rings. The van der Waals surface area contributed by atoms with Gasteiger partial charge in [-0.25, -0.2) is 23.7 Å². The molecule has 12 heteroatoms. The topological polar surface area (TPSA) is 109 Å². The van der Waals surface area contributed by atoms with E-state index in [9.17, 15) is 18.7 Å². The largest absolute Gasteiger partial charge is 0.375 e. The zero-order chi connectivity index (χ0) is 24.6. The number of aromatic nitrogens is 5. The van der Waals surface area contributed by atoms with Crippen LogP contribution < -0.4 is 5.32 Å². The van der Waals surface area contributed by atoms with Crippen molar-refractivity contribution >= 4 is 28.9 Å². The number of halogens is 2. The zero-order valence-electron chi connectivity index (χ0n) is 18.6. The number of nitrogens with zero attached hydrogens (tertiary/aromatic N) is 6. The molecule has 0 bridgehead atoms. The molecule has 1 aromatic carbocycles. The fraction of sp³-hybridized carbons (Fsp3) is 0.261. The van der Waals surface area contributed by atoms with E-state index < -0.39 is 18.6 Å². The molecular formula is C23H21F2N7O2S. The second kappa shape index (κ2) is 9.12. The minimum atomic E-state index is -2.50. The number of nitrogens with one attached hydrogen (secondary N) is 1. The van der Waals surface area contributed by atoms with E-state index in [1.165, 1.54) is 28.6 Å². The summed E-state index contributed by atoms with van der Waals surface area (Å²) in [7, 11) is 1.68. The third-order valence-corrected chi connectivity index (χ3v) is 6.60. The van der Waals surface area contributed by atoms with E-state index in [4.69, 9.17) is 0 Å². The van der Waals surface area contributed by atoms with Crippen molar-refractivity contribution in [2.75, 3.05) is 18.9 Å². The first-order chi connectivity index (χ1) is 16.8. The molecule has 5 rings (SSSR count). The number of amides is 1. The Balaban J connectivity index is 1.36. The number of likely N-dealkylation sites (tertiary alicyclic amines) is 1. The molecular weight excluding hydrogens is 476 g/mol. The highest BCUT2D eigenvalue weighted by molar-refractivity contribution is 7.13. The van der Waals surface area contributed by atoms with Gasteiger partial charge >= 0.3 is 0 Å². The molecule has 4 heterocycles. The number of hydrogen-bond acceptors (Lipinski definition) is 8. The first-order valence-corrected chi connectivity index (χ1v) is 11.7. The van der Waals surface area contributed by atoms with Gasteiger partial charge in [-0.05, 0) is 17.7 Å². The van der Waals surface area contributed by atoms with Gasteiger partial charge in [0.1, 0.15) is 17.2 Å². The lowest BCUT2D eigenvalue weighted by molar-refractivity contribution is -0.143. The van der Waals surface area contributed by atoms with Crippen molar-refractivity contribution in [3.63, 3.8) is 0 Å². The molecule has 3 aromatic heterocycles. The number of rotatable bonds is 7. The fourth-order valence-corrected chi connectivity index (χ4v) is 4.72. The van der Waals surface area contributed by atoms with Crippen LogP contribution in [0.5, 0.6) is 0 Å². The molecule has 0 spiro atoms. The van der Waals surface area contributed by atoms with Crippen molar-refractivity contribution in [3.05, 3.63) is 59.9 Å². The van der Waals surface area contributed by atoms with Crippen LogP contribution in [0.3, 0.4) is 0 Å². The number of thiazole rings is 1. The average Bonchev–Trinajstić information content (AvgIpc) is 3.57. The molecule has 2 N–H and O–H groups in total. The summed E-state index contributed by atoms with van der Waals surface area (Å²) in [5.74, 6) is -0.0293. The summed E-state index contributed by atoms with van der Waals surface area (Å²) in [6, 6.07) is 8.94. The molecule has 0 saturated carbocycles. The van der Waals surface area contributed by atoms with Gasteiger partial charge in [0, 0.05) is 43.4 Å². The molecule has 9 nitrogen and oxygen atoms in total. The van der Waals surface area contributed by atoms with Gasteiger partial charge < -0.3 is 15.3 Å². The second-order valence-corrected chi connectivity index (χ2v) is 9.05. The first kappa shape index (κ1) is 23.0. The van der Waals surface area contributed by atoms with Crippen molar-refractivity contribution in [1.82, 2.24) is 29.6 Å². The summed E-state index contributed by atoms with van der Waals surface area (Å²) >= 11 is 1.39. The summed E-state index contributed by atoms with van der Waals surface area (Å²) in [5, 5.41) is 20.4. The van der Waals surface area contributed by atoms with Gasteiger partial charge in [0.15, 0.2) is 5.60 Å². The fourth-order valence-electron chi connectivity index (χ4n) is 3.92. The summed E-state index contributed by atoms with van der Waals surface area (Å²) in [6.07, 6.45) is 2.30. The second-order valence-electron chi connectivity index (χ2n) is 8.19. The number of alkyl halides is 2. The Kier molecular flexibility index (Phi) is 5.99. The van der Waals surface area contributed by atoms with Crippen molar-refractivity contribution in [1.29, 1.82) is 0 Å². The summed E-state index contributed by atoms with van der Waals surface area (Å²) < 4.78 is 26.2. The van der Waals surface area contributed by atoms with Crippen LogP contribution in [0.1, 0.15) is 12.0 Å². The van der Waals surface area contributed by atoms with E-state index in [2.05, 4.69) is 25.4 Å². The van der Waals surface area contributed by atoms with Crippen LogP contribution in [0.15, 0.2) is 54.3 Å². The molecule has 1 aliphatic heterocycles. The lowest BCUT2D eigenvalue weighted by Crippen LogP contribution is -2.36. The Morgan fingerprint density at radius 2 is 2.11 bits per heavy atom. The highest BCUT2D eigenvalue weighted by atomic mass is 32.1. The molecule has 4 aromatic rings. The number of hydrogen-bond donors (Lipinski definition) is 2. The smallest absolute Gasteiger partial charge is 0.258 e. The average molecular weight is 498 g/mol. The molecule has 0 radical (unpaired) electrons. The van der Waals surface area contributed by atoms with Crippen LogP contribution in [-0.2, 0) is 16.9 Å². The van der Waals surface area contributed by atoms with Gasteiger partial charge in [0.2, 0.25) is 5.95 Å². The number of carbonyl (C=O) groups is 1. The van der Waals surface area contributed by atoms with E-state index in [0.717, 1.165) is 10.2 Å². The first-order valence-electron chi connectivity index (χ1n) is 10.8. The van der Waals surface area contributed by atoms with Gasteiger partial charge in [-0.3, -0.25) is 9.48 Å². The molecule has 1 fully saturated rings. The number of benzene rings is 1. The number of likely N-dealkylation sites (N-methyl/N-ethyl adjacent to an activating group) is 1. The van der Waals surface area contributed by atoms with Crippen molar-refractivity contribution in [2.45, 2.75) is 25.0 Å². The monoisotopic (exact) mass is 497 g/mol. The molecule has 1 atom stereocenters. The van der Waals surface area contributed by atoms with Gasteiger partial charge in [-0.1, -0.05) is 18.2 Å². The molecule has 0 aliphatic carbocycles. The van der Waals surface area contributed by atoms with Crippen molar-refractivity contribution in [2.24, 2.45) is 0 Å². The molecule has 180 valence electrons. The van der Waals surface area contributed by atoms with Crippen LogP contribution >= 0.6 is 11.3 Å². The lowest BCUT2D eigenvalue weighted by atomic mass is 9.90. The Labute approximate surface area is 203 Å². The third-order valence-electron chi connectivity index (χ3n) is 5.74. The van der Waals surface area contributed by atoms with E-state index in [-0.39, 0.29) is 11.9 Å². The Morgan fingerprint density at radius 1 is 1.26 bits per heavy atom.